The lowest BCUT2D eigenvalue weighted by Gasteiger charge is -2.11. The second-order valence-corrected chi connectivity index (χ2v) is 3.87. The summed E-state index contributed by atoms with van der Waals surface area (Å²) in [5.41, 5.74) is 0.500. The summed E-state index contributed by atoms with van der Waals surface area (Å²) in [6, 6.07) is 7.44. The van der Waals surface area contributed by atoms with Gasteiger partial charge in [-0.05, 0) is 29.8 Å². The van der Waals surface area contributed by atoms with Crippen LogP contribution in [0.4, 0.5) is 4.39 Å². The van der Waals surface area contributed by atoms with Crippen molar-refractivity contribution in [3.05, 3.63) is 58.8 Å². The van der Waals surface area contributed by atoms with E-state index in [-0.39, 0.29) is 5.02 Å². The summed E-state index contributed by atoms with van der Waals surface area (Å²) in [5.74, 6) is 0.242. The summed E-state index contributed by atoms with van der Waals surface area (Å²) in [7, 11) is 0. The Morgan fingerprint density at radius 2 is 2.19 bits per heavy atom. The highest BCUT2D eigenvalue weighted by atomic mass is 35.5. The number of hydrogen-bond donors (Lipinski definition) is 1. The molecule has 0 aliphatic carbocycles. The van der Waals surface area contributed by atoms with E-state index in [1.165, 1.54) is 24.5 Å². The molecule has 0 bridgehead atoms. The zero-order valence-corrected chi connectivity index (χ0v) is 9.12. The van der Waals surface area contributed by atoms with Gasteiger partial charge in [0, 0.05) is 11.4 Å². The third-order valence-corrected chi connectivity index (χ3v) is 2.62. The number of aliphatic hydroxyl groups excluding tert-OH is 1. The van der Waals surface area contributed by atoms with E-state index in [1.807, 2.05) is 0 Å². The molecule has 1 heterocycles. The summed E-state index contributed by atoms with van der Waals surface area (Å²) in [4.78, 5) is 0. The van der Waals surface area contributed by atoms with Gasteiger partial charge < -0.3 is 9.52 Å². The summed E-state index contributed by atoms with van der Waals surface area (Å²) < 4.78 is 17.9. The Morgan fingerprint density at radius 1 is 1.38 bits per heavy atom. The minimum absolute atomic E-state index is 0.221. The van der Waals surface area contributed by atoms with Crippen LogP contribution in [0.25, 0.3) is 0 Å². The number of furan rings is 1. The fraction of sp³-hybridized carbons (Fsp3) is 0.167. The quantitative estimate of drug-likeness (QED) is 0.893. The highest BCUT2D eigenvalue weighted by Crippen LogP contribution is 2.26. The second-order valence-electron chi connectivity index (χ2n) is 3.47. The first-order valence-corrected chi connectivity index (χ1v) is 5.20. The van der Waals surface area contributed by atoms with E-state index in [9.17, 15) is 9.50 Å². The lowest BCUT2D eigenvalue weighted by molar-refractivity contribution is 0.170. The summed E-state index contributed by atoms with van der Waals surface area (Å²) in [6.07, 6.45) is 1.06. The monoisotopic (exact) mass is 240 g/mol. The molecule has 2 nitrogen and oxygen atoms in total. The topological polar surface area (TPSA) is 33.4 Å². The maximum absolute atomic E-state index is 12.8. The van der Waals surface area contributed by atoms with Crippen molar-refractivity contribution in [1.82, 2.24) is 0 Å². The van der Waals surface area contributed by atoms with Crippen LogP contribution >= 0.6 is 11.6 Å². The minimum atomic E-state index is -0.792. The van der Waals surface area contributed by atoms with Gasteiger partial charge in [0.25, 0.3) is 0 Å². The maximum atomic E-state index is 12.8. The van der Waals surface area contributed by atoms with Gasteiger partial charge in [-0.25, -0.2) is 4.39 Å². The van der Waals surface area contributed by atoms with E-state index in [0.29, 0.717) is 17.7 Å². The molecule has 0 aliphatic rings. The van der Waals surface area contributed by atoms with E-state index in [1.54, 1.807) is 12.1 Å². The molecule has 4 heteroatoms. The molecule has 0 saturated carbocycles. The second kappa shape index (κ2) is 4.68. The van der Waals surface area contributed by atoms with E-state index in [2.05, 4.69) is 0 Å². The molecule has 1 N–H and O–H groups in total. The molecular formula is C12H10ClFO2. The van der Waals surface area contributed by atoms with Crippen molar-refractivity contribution in [2.45, 2.75) is 12.5 Å². The van der Waals surface area contributed by atoms with Crippen molar-refractivity contribution in [2.24, 2.45) is 0 Å². The van der Waals surface area contributed by atoms with Crippen LogP contribution in [0.1, 0.15) is 17.4 Å². The maximum Gasteiger partial charge on any atom is 0.124 e. The lowest BCUT2D eigenvalue weighted by Crippen LogP contribution is -2.02. The van der Waals surface area contributed by atoms with Gasteiger partial charge >= 0.3 is 0 Å². The highest BCUT2D eigenvalue weighted by Gasteiger charge is 2.14. The largest absolute Gasteiger partial charge is 0.469 e. The summed E-state index contributed by atoms with van der Waals surface area (Å²) >= 11 is 5.83. The molecular weight excluding hydrogens is 231 g/mol. The van der Waals surface area contributed by atoms with Crippen LogP contribution in [-0.2, 0) is 6.42 Å². The molecule has 1 aromatic carbocycles. The van der Waals surface area contributed by atoms with E-state index < -0.39 is 11.9 Å². The van der Waals surface area contributed by atoms with Gasteiger partial charge in [-0.1, -0.05) is 17.7 Å². The number of halogens is 2. The van der Waals surface area contributed by atoms with Crippen molar-refractivity contribution >= 4 is 11.6 Å². The van der Waals surface area contributed by atoms with E-state index in [4.69, 9.17) is 16.0 Å². The van der Waals surface area contributed by atoms with Crippen LogP contribution in [0.2, 0.25) is 5.02 Å². The number of benzene rings is 1. The Morgan fingerprint density at radius 3 is 2.81 bits per heavy atom. The zero-order chi connectivity index (χ0) is 11.5. The van der Waals surface area contributed by atoms with E-state index in [0.717, 1.165) is 0 Å². The first-order valence-electron chi connectivity index (χ1n) is 4.82. The molecule has 0 aliphatic heterocycles. The van der Waals surface area contributed by atoms with Crippen molar-refractivity contribution in [2.75, 3.05) is 0 Å². The molecule has 0 amide bonds. The van der Waals surface area contributed by atoms with Gasteiger partial charge in [-0.3, -0.25) is 0 Å². The number of aliphatic hydroxyl groups is 1. The lowest BCUT2D eigenvalue weighted by atomic mass is 10.1. The molecule has 84 valence electrons. The first kappa shape index (κ1) is 11.2. The van der Waals surface area contributed by atoms with Crippen molar-refractivity contribution in [3.63, 3.8) is 0 Å². The first-order chi connectivity index (χ1) is 7.66. The normalized spacial score (nSPS) is 12.7. The van der Waals surface area contributed by atoms with Gasteiger partial charge in [-0.2, -0.15) is 0 Å². The zero-order valence-electron chi connectivity index (χ0n) is 8.36. The van der Waals surface area contributed by atoms with Crippen molar-refractivity contribution in [3.8, 4) is 0 Å². The Kier molecular flexibility index (Phi) is 3.27. The molecule has 1 atom stereocenters. The Hall–Kier alpha value is -1.32. The van der Waals surface area contributed by atoms with Crippen molar-refractivity contribution < 1.29 is 13.9 Å². The van der Waals surface area contributed by atoms with Crippen LogP contribution < -0.4 is 0 Å². The van der Waals surface area contributed by atoms with Gasteiger partial charge in [0.15, 0.2) is 0 Å². The van der Waals surface area contributed by atoms with Crippen LogP contribution in [0.5, 0.6) is 0 Å². The molecule has 2 aromatic rings. The fourth-order valence-corrected chi connectivity index (χ4v) is 1.79. The predicted octanol–water partition coefficient (Wildman–Crippen LogP) is 3.35. The van der Waals surface area contributed by atoms with Crippen LogP contribution in [0, 0.1) is 5.82 Å². The average molecular weight is 241 g/mol. The van der Waals surface area contributed by atoms with Gasteiger partial charge in [0.1, 0.15) is 11.6 Å². The van der Waals surface area contributed by atoms with Crippen LogP contribution in [-0.4, -0.2) is 5.11 Å². The average Bonchev–Trinajstić information content (AvgIpc) is 2.70. The summed E-state index contributed by atoms with van der Waals surface area (Å²) in [6.45, 7) is 0. The summed E-state index contributed by atoms with van der Waals surface area (Å²) in [5, 5.41) is 10.1. The molecule has 1 aromatic heterocycles. The molecule has 0 spiro atoms. The number of hydrogen-bond acceptors (Lipinski definition) is 2. The Bertz CT molecular complexity index is 468. The molecule has 0 radical (unpaired) electrons. The van der Waals surface area contributed by atoms with Gasteiger partial charge in [0.05, 0.1) is 12.4 Å². The third-order valence-electron chi connectivity index (χ3n) is 2.30. The van der Waals surface area contributed by atoms with Crippen LogP contribution in [0.15, 0.2) is 41.0 Å². The molecule has 0 fully saturated rings. The molecule has 0 saturated heterocycles. The third kappa shape index (κ3) is 2.43. The Labute approximate surface area is 97.3 Å². The van der Waals surface area contributed by atoms with Gasteiger partial charge in [-0.15, -0.1) is 0 Å². The smallest absolute Gasteiger partial charge is 0.124 e. The van der Waals surface area contributed by atoms with Crippen LogP contribution in [0.3, 0.4) is 0 Å². The predicted molar refractivity (Wildman–Crippen MR) is 58.8 cm³/mol. The van der Waals surface area contributed by atoms with Crippen molar-refractivity contribution in [1.29, 1.82) is 0 Å². The fourth-order valence-electron chi connectivity index (χ4n) is 1.50. The molecule has 1 unspecified atom stereocenters. The molecule has 2 rings (SSSR count). The molecule has 16 heavy (non-hydrogen) atoms. The van der Waals surface area contributed by atoms with E-state index >= 15 is 0 Å². The Balaban J connectivity index is 2.17. The number of rotatable bonds is 3. The SMILES string of the molecule is OC(Cc1ccco1)c1ccc(F)cc1Cl. The highest BCUT2D eigenvalue weighted by molar-refractivity contribution is 6.31. The minimum Gasteiger partial charge on any atom is -0.469 e. The van der Waals surface area contributed by atoms with Gasteiger partial charge in [0.2, 0.25) is 0 Å². The standard InChI is InChI=1S/C12H10ClFO2/c13-11-6-8(14)3-4-10(11)12(15)7-9-2-1-5-16-9/h1-6,12,15H,7H2.